The minimum atomic E-state index is -2.44. The minimum Gasteiger partial charge on any atom is -0.509 e. The Labute approximate surface area is 331 Å². The molecule has 0 saturated heterocycles. The Bertz CT molecular complexity index is 2990. The van der Waals surface area contributed by atoms with Crippen LogP contribution in [-0.2, 0) is 26.5 Å². The molecule has 4 aromatic heterocycles. The van der Waals surface area contributed by atoms with Crippen LogP contribution < -0.4 is 14.5 Å². The summed E-state index contributed by atoms with van der Waals surface area (Å²) in [4.78, 5) is 12.1. The monoisotopic (exact) mass is 886 g/mol. The van der Waals surface area contributed by atoms with Crippen LogP contribution in [0, 0.1) is 18.8 Å². The van der Waals surface area contributed by atoms with Crippen LogP contribution >= 0.6 is 0 Å². The number of hydrogen-bond donors (Lipinski definition) is 0. The smallest absolute Gasteiger partial charge is 0.158 e. The fourth-order valence-corrected chi connectivity index (χ4v) is 7.31. The van der Waals surface area contributed by atoms with E-state index < -0.39 is 6.98 Å². The van der Waals surface area contributed by atoms with Crippen molar-refractivity contribution in [3.63, 3.8) is 0 Å². The largest absolute Gasteiger partial charge is 0.509 e. The summed E-state index contributed by atoms with van der Waals surface area (Å²) in [7, 11) is 0. The Morgan fingerprint density at radius 2 is 1.63 bits per heavy atom. The van der Waals surface area contributed by atoms with E-state index in [1.807, 2.05) is 54.7 Å². The number of anilines is 3. The first-order valence-electron chi connectivity index (χ1n) is 19.0. The molecule has 0 aliphatic carbocycles. The summed E-state index contributed by atoms with van der Waals surface area (Å²) in [5.74, 6) is 1.72. The summed E-state index contributed by atoms with van der Waals surface area (Å²) < 4.78 is 39.9. The molecule has 0 unspecified atom stereocenters. The first-order valence-corrected chi connectivity index (χ1v) is 17.5. The van der Waals surface area contributed by atoms with Gasteiger partial charge in [0, 0.05) is 71.0 Å². The molecule has 8 heteroatoms. The van der Waals surface area contributed by atoms with Gasteiger partial charge in [-0.05, 0) is 70.9 Å². The van der Waals surface area contributed by atoms with E-state index in [1.54, 1.807) is 24.0 Å². The minimum absolute atomic E-state index is 0. The van der Waals surface area contributed by atoms with Crippen molar-refractivity contribution in [3.8, 4) is 28.4 Å². The Balaban J connectivity index is 0.00000422. The average Bonchev–Trinajstić information content (AvgIpc) is 3.88. The van der Waals surface area contributed by atoms with Crippen LogP contribution in [0.3, 0.4) is 0 Å². The Morgan fingerprint density at radius 1 is 0.778 bits per heavy atom. The van der Waals surface area contributed by atoms with Crippen molar-refractivity contribution in [2.75, 3.05) is 16.8 Å². The number of ether oxygens (including phenoxy) is 1. The second-order valence-electron chi connectivity index (χ2n) is 14.3. The van der Waals surface area contributed by atoms with Crippen LogP contribution in [0.2, 0.25) is 0 Å². The number of pyridine rings is 2. The van der Waals surface area contributed by atoms with Gasteiger partial charge in [0.25, 0.3) is 0 Å². The van der Waals surface area contributed by atoms with Gasteiger partial charge >= 0.3 is 0 Å². The zero-order valence-electron chi connectivity index (χ0n) is 32.6. The van der Waals surface area contributed by atoms with Crippen LogP contribution in [-0.4, -0.2) is 21.5 Å². The van der Waals surface area contributed by atoms with Gasteiger partial charge < -0.3 is 23.5 Å². The molecular weight excluding hydrogens is 850 g/mol. The van der Waals surface area contributed by atoms with Gasteiger partial charge in [-0.3, -0.25) is 4.98 Å². The molecular formula is C46H34N5O2Pt-3. The maximum Gasteiger partial charge on any atom is 0.158 e. The molecule has 0 amide bonds. The van der Waals surface area contributed by atoms with Gasteiger partial charge in [-0.15, -0.1) is 41.4 Å². The molecule has 0 radical (unpaired) electrons. The van der Waals surface area contributed by atoms with E-state index in [2.05, 4.69) is 103 Å². The zero-order valence-corrected chi connectivity index (χ0v) is 31.8. The van der Waals surface area contributed by atoms with E-state index in [9.17, 15) is 0 Å². The van der Waals surface area contributed by atoms with Crippen molar-refractivity contribution >= 4 is 60.8 Å². The molecule has 5 aromatic carbocycles. The Kier molecular flexibility index (Phi) is 7.29. The Hall–Kier alpha value is -5.91. The maximum absolute atomic E-state index is 8.32. The normalized spacial score (nSPS) is 13.9. The first-order chi connectivity index (χ1) is 27.0. The third-order valence-electron chi connectivity index (χ3n) is 9.96. The number of aromatic nitrogens is 3. The molecule has 10 rings (SSSR count). The number of furan rings is 1. The summed E-state index contributed by atoms with van der Waals surface area (Å²) in [6.45, 7) is 5.72. The second-order valence-corrected chi connectivity index (χ2v) is 14.3. The molecule has 0 bridgehead atoms. The molecule has 54 heavy (non-hydrogen) atoms. The van der Waals surface area contributed by atoms with Gasteiger partial charge in [-0.1, -0.05) is 68.8 Å². The van der Waals surface area contributed by atoms with Crippen molar-refractivity contribution in [1.29, 1.82) is 0 Å². The third-order valence-corrected chi connectivity index (χ3v) is 9.96. The van der Waals surface area contributed by atoms with Crippen molar-refractivity contribution in [1.82, 2.24) is 14.5 Å². The number of nitrogens with zero attached hydrogens (tertiary/aromatic N) is 5. The number of benzene rings is 5. The summed E-state index contributed by atoms with van der Waals surface area (Å²) >= 11 is 0. The van der Waals surface area contributed by atoms with Gasteiger partial charge in [0.15, 0.2) is 11.2 Å². The second kappa shape index (κ2) is 12.9. The predicted octanol–water partition coefficient (Wildman–Crippen LogP) is 11.5. The molecule has 5 heterocycles. The van der Waals surface area contributed by atoms with E-state index in [-0.39, 0.29) is 26.5 Å². The van der Waals surface area contributed by atoms with Crippen molar-refractivity contribution in [2.24, 2.45) is 0 Å². The molecule has 0 fully saturated rings. The molecule has 0 spiro atoms. The van der Waals surface area contributed by atoms with Crippen LogP contribution in [0.1, 0.15) is 30.4 Å². The van der Waals surface area contributed by atoms with Gasteiger partial charge in [-0.25, -0.2) is 4.98 Å². The topological polar surface area (TPSA) is 59.6 Å². The van der Waals surface area contributed by atoms with E-state index in [0.29, 0.717) is 39.7 Å². The molecule has 0 saturated carbocycles. The number of fused-ring (bicyclic) bond motifs is 8. The molecule has 0 atom stereocenters. The third kappa shape index (κ3) is 5.54. The SMILES string of the molecule is [2H]C([2H])([2H])N1[CH-]N(c2[c-]c(Oc3[c-]c4c(cc3)c3cc(-c5ccccc5)ccc3n4-c3cc(C(C)(C)C)ccn3)ccc2)c2c1ccc1c2oc2cnccc21.[Pt]. The summed E-state index contributed by atoms with van der Waals surface area (Å²) in [5, 5.41) is 3.85. The molecule has 9 aromatic rings. The van der Waals surface area contributed by atoms with Crippen LogP contribution in [0.5, 0.6) is 11.5 Å². The van der Waals surface area contributed by atoms with Gasteiger partial charge in [0.1, 0.15) is 5.82 Å². The standard InChI is InChI=1S/C46H34N5O2.Pt/c1-46(2,3)31-19-22-48-43(24-31)51-39-17-13-30(29-9-6-5-7-10-29)23-38(39)35-15-14-34(26-41(35)51)52-33-12-8-11-32(25-33)50-28-49(4)40-18-16-37-36-20-21-47-27-42(36)53-45(37)44(40)50;/h5-24,27-28H,1-4H3;/q-3;/i4D3;. The van der Waals surface area contributed by atoms with Gasteiger partial charge in [-0.2, -0.15) is 18.8 Å². The summed E-state index contributed by atoms with van der Waals surface area (Å²) in [6.07, 6.45) is 5.25. The quantitative estimate of drug-likeness (QED) is 0.161. The maximum atomic E-state index is 8.32. The van der Waals surface area contributed by atoms with E-state index >= 15 is 0 Å². The summed E-state index contributed by atoms with van der Waals surface area (Å²) in [5.41, 5.74) is 8.04. The van der Waals surface area contributed by atoms with Crippen molar-refractivity contribution < 1.29 is 34.3 Å². The predicted molar refractivity (Wildman–Crippen MR) is 213 cm³/mol. The molecule has 268 valence electrons. The van der Waals surface area contributed by atoms with Gasteiger partial charge in [0.2, 0.25) is 0 Å². The van der Waals surface area contributed by atoms with Crippen molar-refractivity contribution in [3.05, 3.63) is 152 Å². The van der Waals surface area contributed by atoms with E-state index in [1.165, 1.54) is 10.5 Å². The van der Waals surface area contributed by atoms with E-state index in [4.69, 9.17) is 18.3 Å². The van der Waals surface area contributed by atoms with E-state index in [0.717, 1.165) is 49.5 Å². The molecule has 0 N–H and O–H groups in total. The van der Waals surface area contributed by atoms with Crippen LogP contribution in [0.25, 0.3) is 60.7 Å². The molecule has 1 aliphatic rings. The number of rotatable bonds is 5. The van der Waals surface area contributed by atoms with Gasteiger partial charge in [0.05, 0.1) is 11.9 Å². The molecule has 1 aliphatic heterocycles. The average molecular weight is 887 g/mol. The fourth-order valence-electron chi connectivity index (χ4n) is 7.31. The van der Waals surface area contributed by atoms with Crippen LogP contribution in [0.4, 0.5) is 17.1 Å². The van der Waals surface area contributed by atoms with Crippen LogP contribution in [0.15, 0.2) is 132 Å². The van der Waals surface area contributed by atoms with Crippen molar-refractivity contribution in [2.45, 2.75) is 26.2 Å². The molecule has 7 nitrogen and oxygen atoms in total. The first kappa shape index (κ1) is 30.5. The Morgan fingerprint density at radius 3 is 2.48 bits per heavy atom. The summed E-state index contributed by atoms with van der Waals surface area (Å²) in [6, 6.07) is 43.2. The fraction of sp³-hybridized carbons (Fsp3) is 0.109. The number of hydrogen-bond acceptors (Lipinski definition) is 6. The zero-order chi connectivity index (χ0) is 38.3.